The minimum atomic E-state index is 0. The van der Waals surface area contributed by atoms with E-state index < -0.39 is 0 Å². The number of halogens is 1. The molecule has 1 heterocycles. The van der Waals surface area contributed by atoms with Crippen LogP contribution in [-0.2, 0) is 0 Å². The number of rotatable bonds is 3. The number of hydrogen-bond acceptors (Lipinski definition) is 3. The fraction of sp³-hybridized carbons (Fsp3) is 0.250. The van der Waals surface area contributed by atoms with Crippen LogP contribution < -0.4 is 0 Å². The van der Waals surface area contributed by atoms with E-state index in [1.807, 2.05) is 48.6 Å². The fourth-order valence-corrected chi connectivity index (χ4v) is 2.53. The van der Waals surface area contributed by atoms with Crippen molar-refractivity contribution in [1.29, 1.82) is 0 Å². The van der Waals surface area contributed by atoms with E-state index in [0.717, 1.165) is 10.9 Å². The summed E-state index contributed by atoms with van der Waals surface area (Å²) in [5, 5.41) is 3.03. The van der Waals surface area contributed by atoms with Crippen LogP contribution in [0, 0.1) is 0 Å². The molecule has 0 aliphatic heterocycles. The number of benzene rings is 1. The molecule has 0 saturated carbocycles. The van der Waals surface area contributed by atoms with Gasteiger partial charge in [0.25, 0.3) is 0 Å². The number of ketones is 1. The lowest BCUT2D eigenvalue weighted by atomic mass is 10.1. The molecule has 2 rings (SSSR count). The van der Waals surface area contributed by atoms with Crippen LogP contribution in [0.1, 0.15) is 10.4 Å². The van der Waals surface area contributed by atoms with Gasteiger partial charge in [-0.3, -0.25) is 4.79 Å². The average molecular weight is 256 g/mol. The summed E-state index contributed by atoms with van der Waals surface area (Å²) in [7, 11) is 3.82. The van der Waals surface area contributed by atoms with Crippen molar-refractivity contribution >= 4 is 39.6 Å². The number of thiophene rings is 1. The summed E-state index contributed by atoms with van der Waals surface area (Å²) >= 11 is 1.63. The van der Waals surface area contributed by atoms with E-state index in [0.29, 0.717) is 6.54 Å². The quantitative estimate of drug-likeness (QED) is 0.786. The minimum Gasteiger partial charge on any atom is -0.302 e. The number of likely N-dealkylation sites (N-methyl/N-ethyl adjacent to an activating group) is 1. The van der Waals surface area contributed by atoms with Gasteiger partial charge in [-0.05, 0) is 20.2 Å². The van der Waals surface area contributed by atoms with Crippen molar-refractivity contribution in [2.75, 3.05) is 20.6 Å². The Hall–Kier alpha value is -0.900. The van der Waals surface area contributed by atoms with Crippen molar-refractivity contribution in [3.05, 3.63) is 35.2 Å². The summed E-state index contributed by atoms with van der Waals surface area (Å²) < 4.78 is 1.18. The van der Waals surface area contributed by atoms with Crippen LogP contribution in [0.5, 0.6) is 0 Å². The number of carbonyl (C=O) groups is 1. The number of fused-ring (bicyclic) bond motifs is 1. The second-order valence-corrected chi connectivity index (χ2v) is 4.72. The number of hydrogen-bond donors (Lipinski definition) is 0. The maximum atomic E-state index is 11.9. The molecule has 0 N–H and O–H groups in total. The van der Waals surface area contributed by atoms with Gasteiger partial charge in [0.1, 0.15) is 0 Å². The van der Waals surface area contributed by atoms with Crippen molar-refractivity contribution in [3.8, 4) is 0 Å². The lowest BCUT2D eigenvalue weighted by Crippen LogP contribution is -2.21. The van der Waals surface area contributed by atoms with Gasteiger partial charge in [0, 0.05) is 21.0 Å². The van der Waals surface area contributed by atoms with Crippen molar-refractivity contribution in [3.63, 3.8) is 0 Å². The van der Waals surface area contributed by atoms with Crippen LogP contribution in [-0.4, -0.2) is 31.3 Å². The van der Waals surface area contributed by atoms with Gasteiger partial charge >= 0.3 is 0 Å². The molecule has 86 valence electrons. The second kappa shape index (κ2) is 5.43. The molecule has 0 saturated heterocycles. The first-order chi connectivity index (χ1) is 7.18. The molecule has 0 aliphatic carbocycles. The van der Waals surface area contributed by atoms with E-state index in [1.165, 1.54) is 4.70 Å². The van der Waals surface area contributed by atoms with E-state index in [4.69, 9.17) is 0 Å². The maximum absolute atomic E-state index is 11.9. The van der Waals surface area contributed by atoms with Crippen LogP contribution in [0.25, 0.3) is 10.1 Å². The molecule has 0 amide bonds. The molecule has 0 unspecified atom stereocenters. The lowest BCUT2D eigenvalue weighted by molar-refractivity contribution is 0.0960. The molecule has 0 fully saturated rings. The molecule has 2 nitrogen and oxygen atoms in total. The largest absolute Gasteiger partial charge is 0.302 e. The molecule has 1 aromatic carbocycles. The van der Waals surface area contributed by atoms with Crippen molar-refractivity contribution < 1.29 is 4.79 Å². The normalized spacial score (nSPS) is 10.4. The minimum absolute atomic E-state index is 0. The van der Waals surface area contributed by atoms with Gasteiger partial charge in [0.05, 0.1) is 6.54 Å². The highest BCUT2D eigenvalue weighted by molar-refractivity contribution is 7.17. The molecule has 0 bridgehead atoms. The predicted octanol–water partition coefficient (Wildman–Crippen LogP) is 3.07. The smallest absolute Gasteiger partial charge is 0.178 e. The van der Waals surface area contributed by atoms with E-state index in [1.54, 1.807) is 11.3 Å². The molecule has 1 aromatic heterocycles. The first-order valence-electron chi connectivity index (χ1n) is 4.82. The summed E-state index contributed by atoms with van der Waals surface area (Å²) in [4.78, 5) is 13.8. The van der Waals surface area contributed by atoms with Gasteiger partial charge in [0.2, 0.25) is 0 Å². The average Bonchev–Trinajstić information content (AvgIpc) is 2.59. The second-order valence-electron chi connectivity index (χ2n) is 3.81. The standard InChI is InChI=1S/C12H13NOS.ClH/c1-13(2)7-11(14)10-8-15-12-6-4-3-5-9(10)12;/h3-6,8H,7H2,1-2H3;1H. The Balaban J connectivity index is 0.00000128. The number of nitrogens with zero attached hydrogens (tertiary/aromatic N) is 1. The highest BCUT2D eigenvalue weighted by Crippen LogP contribution is 2.25. The van der Waals surface area contributed by atoms with Crippen molar-refractivity contribution in [1.82, 2.24) is 4.90 Å². The third kappa shape index (κ3) is 2.61. The lowest BCUT2D eigenvalue weighted by Gasteiger charge is -2.07. The summed E-state index contributed by atoms with van der Waals surface area (Å²) in [5.74, 6) is 0.192. The van der Waals surface area contributed by atoms with Gasteiger partial charge < -0.3 is 4.90 Å². The predicted molar refractivity (Wildman–Crippen MR) is 72.0 cm³/mol. The van der Waals surface area contributed by atoms with Gasteiger partial charge in [-0.25, -0.2) is 0 Å². The molecule has 16 heavy (non-hydrogen) atoms. The number of Topliss-reactive ketones (excluding diaryl/α,β-unsaturated/α-hetero) is 1. The maximum Gasteiger partial charge on any atom is 0.178 e. The molecule has 2 aromatic rings. The highest BCUT2D eigenvalue weighted by Gasteiger charge is 2.11. The zero-order chi connectivity index (χ0) is 10.8. The molecule has 0 radical (unpaired) electrons. The van der Waals surface area contributed by atoms with Crippen LogP contribution in [0.4, 0.5) is 0 Å². The third-order valence-electron chi connectivity index (χ3n) is 2.24. The van der Waals surface area contributed by atoms with E-state index in [9.17, 15) is 4.79 Å². The monoisotopic (exact) mass is 255 g/mol. The Morgan fingerprint density at radius 2 is 2.00 bits per heavy atom. The first-order valence-corrected chi connectivity index (χ1v) is 5.70. The van der Waals surface area contributed by atoms with Gasteiger partial charge in [0.15, 0.2) is 5.78 Å². The zero-order valence-corrected chi connectivity index (χ0v) is 10.9. The first kappa shape index (κ1) is 13.2. The van der Waals surface area contributed by atoms with Crippen molar-refractivity contribution in [2.45, 2.75) is 0 Å². The Bertz CT molecular complexity index is 492. The van der Waals surface area contributed by atoms with E-state index >= 15 is 0 Å². The number of carbonyl (C=O) groups excluding carboxylic acids is 1. The van der Waals surface area contributed by atoms with Gasteiger partial charge in [-0.2, -0.15) is 0 Å². The van der Waals surface area contributed by atoms with Crippen molar-refractivity contribution in [2.24, 2.45) is 0 Å². The molecule has 0 spiro atoms. The summed E-state index contributed by atoms with van der Waals surface area (Å²) in [6.07, 6.45) is 0. The Labute approximate surface area is 105 Å². The molecule has 4 heteroatoms. The Morgan fingerprint density at radius 1 is 1.31 bits per heavy atom. The Morgan fingerprint density at radius 3 is 2.69 bits per heavy atom. The zero-order valence-electron chi connectivity index (χ0n) is 9.27. The van der Waals surface area contributed by atoms with Crippen LogP contribution in [0.15, 0.2) is 29.6 Å². The van der Waals surface area contributed by atoms with Crippen LogP contribution in [0.2, 0.25) is 0 Å². The molecular formula is C12H14ClNOS. The fourth-order valence-electron chi connectivity index (χ4n) is 1.57. The SMILES string of the molecule is CN(C)CC(=O)c1csc2ccccc12.Cl. The van der Waals surface area contributed by atoms with Crippen LogP contribution >= 0.6 is 23.7 Å². The third-order valence-corrected chi connectivity index (χ3v) is 3.20. The highest BCUT2D eigenvalue weighted by atomic mass is 35.5. The molecule has 0 aliphatic rings. The van der Waals surface area contributed by atoms with E-state index in [2.05, 4.69) is 0 Å². The summed E-state index contributed by atoms with van der Waals surface area (Å²) in [6.45, 7) is 0.473. The summed E-state index contributed by atoms with van der Waals surface area (Å²) in [5.41, 5.74) is 0.851. The van der Waals surface area contributed by atoms with Crippen LogP contribution in [0.3, 0.4) is 0 Å². The van der Waals surface area contributed by atoms with Gasteiger partial charge in [-0.15, -0.1) is 23.7 Å². The molecule has 0 atom stereocenters. The van der Waals surface area contributed by atoms with Gasteiger partial charge in [-0.1, -0.05) is 18.2 Å². The molecular weight excluding hydrogens is 242 g/mol. The van der Waals surface area contributed by atoms with E-state index in [-0.39, 0.29) is 18.2 Å². The Kier molecular flexibility index (Phi) is 4.47. The summed E-state index contributed by atoms with van der Waals surface area (Å²) in [6, 6.07) is 8.03. The topological polar surface area (TPSA) is 20.3 Å².